The van der Waals surface area contributed by atoms with E-state index in [2.05, 4.69) is 9.97 Å². The number of hydrogen-bond donors (Lipinski definition) is 1. The number of nitrogen functional groups attached to an aromatic ring is 1. The minimum atomic E-state index is -1.07. The number of rotatable bonds is 2. The molecule has 0 aliphatic heterocycles. The maximum Gasteiger partial charge on any atom is 0.227 e. The summed E-state index contributed by atoms with van der Waals surface area (Å²) < 4.78 is 31.4. The van der Waals surface area contributed by atoms with Gasteiger partial charge in [-0.1, -0.05) is 6.07 Å². The van der Waals surface area contributed by atoms with Crippen LogP contribution in [0.25, 0.3) is 0 Å². The molecule has 17 heavy (non-hydrogen) atoms. The molecule has 1 aromatic carbocycles. The van der Waals surface area contributed by atoms with Crippen LogP contribution >= 0.6 is 0 Å². The second kappa shape index (κ2) is 4.32. The Morgan fingerprint density at radius 1 is 1.29 bits per heavy atom. The molecule has 0 radical (unpaired) electrons. The highest BCUT2D eigenvalue weighted by Gasteiger charge is 2.12. The normalized spacial score (nSPS) is 10.3. The largest absolute Gasteiger partial charge is 0.435 e. The van der Waals surface area contributed by atoms with E-state index in [1.165, 1.54) is 18.3 Å². The van der Waals surface area contributed by atoms with E-state index < -0.39 is 11.6 Å². The van der Waals surface area contributed by atoms with Gasteiger partial charge in [0, 0.05) is 11.8 Å². The molecule has 1 aromatic heterocycles. The predicted molar refractivity (Wildman–Crippen MR) is 57.6 cm³/mol. The molecule has 0 atom stereocenters. The van der Waals surface area contributed by atoms with E-state index in [4.69, 9.17) is 10.5 Å². The maximum absolute atomic E-state index is 13.3. The first-order valence-corrected chi connectivity index (χ1v) is 4.79. The Kier molecular flexibility index (Phi) is 2.86. The van der Waals surface area contributed by atoms with Crippen molar-refractivity contribution in [3.63, 3.8) is 0 Å². The van der Waals surface area contributed by atoms with Crippen molar-refractivity contribution in [2.75, 3.05) is 5.73 Å². The number of halogens is 2. The molecule has 0 aliphatic carbocycles. The molecule has 0 bridgehead atoms. The number of aromatic nitrogens is 2. The van der Waals surface area contributed by atoms with Crippen molar-refractivity contribution in [3.8, 4) is 11.6 Å². The van der Waals surface area contributed by atoms with Crippen molar-refractivity contribution < 1.29 is 13.5 Å². The number of nitrogens with two attached hydrogens (primary N) is 1. The molecule has 6 heteroatoms. The first-order valence-electron chi connectivity index (χ1n) is 4.79. The van der Waals surface area contributed by atoms with Crippen LogP contribution < -0.4 is 10.5 Å². The SMILES string of the molecule is Cc1cnc(N)nc1Oc1cccc(F)c1F. The van der Waals surface area contributed by atoms with Crippen molar-refractivity contribution >= 4 is 5.95 Å². The van der Waals surface area contributed by atoms with Crippen molar-refractivity contribution in [2.45, 2.75) is 6.92 Å². The Morgan fingerprint density at radius 2 is 2.06 bits per heavy atom. The fourth-order valence-electron chi connectivity index (χ4n) is 1.21. The summed E-state index contributed by atoms with van der Waals surface area (Å²) in [6.45, 7) is 1.67. The highest BCUT2D eigenvalue weighted by atomic mass is 19.2. The second-order valence-corrected chi connectivity index (χ2v) is 3.37. The highest BCUT2D eigenvalue weighted by Crippen LogP contribution is 2.26. The van der Waals surface area contributed by atoms with Crippen LogP contribution in [0.5, 0.6) is 11.6 Å². The van der Waals surface area contributed by atoms with Crippen molar-refractivity contribution in [1.82, 2.24) is 9.97 Å². The van der Waals surface area contributed by atoms with Crippen molar-refractivity contribution in [1.29, 1.82) is 0 Å². The Balaban J connectivity index is 2.38. The molecule has 4 nitrogen and oxygen atoms in total. The smallest absolute Gasteiger partial charge is 0.227 e. The topological polar surface area (TPSA) is 61.0 Å². The van der Waals surface area contributed by atoms with Gasteiger partial charge < -0.3 is 10.5 Å². The molecule has 2 rings (SSSR count). The number of anilines is 1. The van der Waals surface area contributed by atoms with E-state index in [9.17, 15) is 8.78 Å². The maximum atomic E-state index is 13.3. The van der Waals surface area contributed by atoms with Crippen LogP contribution in [-0.4, -0.2) is 9.97 Å². The Labute approximate surface area is 96.1 Å². The van der Waals surface area contributed by atoms with Gasteiger partial charge in [-0.3, -0.25) is 0 Å². The summed E-state index contributed by atoms with van der Waals surface area (Å²) in [5, 5.41) is 0. The molecule has 0 aliphatic rings. The third kappa shape index (κ3) is 2.30. The summed E-state index contributed by atoms with van der Waals surface area (Å²) in [5.74, 6) is -2.19. The van der Waals surface area contributed by atoms with Gasteiger partial charge in [-0.25, -0.2) is 9.37 Å². The van der Waals surface area contributed by atoms with Crippen molar-refractivity contribution in [2.24, 2.45) is 0 Å². The predicted octanol–water partition coefficient (Wildman–Crippen LogP) is 2.44. The average Bonchev–Trinajstić information content (AvgIpc) is 2.30. The quantitative estimate of drug-likeness (QED) is 0.871. The van der Waals surface area contributed by atoms with Crippen LogP contribution in [0.2, 0.25) is 0 Å². The Bertz CT molecular complexity index is 560. The zero-order chi connectivity index (χ0) is 12.4. The molecule has 0 spiro atoms. The van der Waals surface area contributed by atoms with Crippen LogP contribution in [0.3, 0.4) is 0 Å². The lowest BCUT2D eigenvalue weighted by Gasteiger charge is -2.08. The third-order valence-corrected chi connectivity index (χ3v) is 2.07. The Hall–Kier alpha value is -2.24. The number of ether oxygens (including phenoxy) is 1. The molecule has 2 aromatic rings. The summed E-state index contributed by atoms with van der Waals surface area (Å²) >= 11 is 0. The van der Waals surface area contributed by atoms with Crippen LogP contribution in [-0.2, 0) is 0 Å². The van der Waals surface area contributed by atoms with Crippen LogP contribution in [0.1, 0.15) is 5.56 Å². The van der Waals surface area contributed by atoms with Gasteiger partial charge in [-0.05, 0) is 19.1 Å². The zero-order valence-electron chi connectivity index (χ0n) is 8.95. The summed E-state index contributed by atoms with van der Waals surface area (Å²) in [6, 6.07) is 3.65. The van der Waals surface area contributed by atoms with Gasteiger partial charge in [0.2, 0.25) is 17.6 Å². The van der Waals surface area contributed by atoms with Gasteiger partial charge in [0.15, 0.2) is 11.6 Å². The van der Waals surface area contributed by atoms with E-state index in [0.29, 0.717) is 5.56 Å². The number of benzene rings is 1. The number of hydrogen-bond acceptors (Lipinski definition) is 4. The summed E-state index contributed by atoms with van der Waals surface area (Å²) in [7, 11) is 0. The molecule has 2 N–H and O–H groups in total. The molecule has 0 unspecified atom stereocenters. The zero-order valence-corrected chi connectivity index (χ0v) is 8.95. The molecule has 0 saturated heterocycles. The molecule has 0 fully saturated rings. The first-order chi connectivity index (χ1) is 8.08. The monoisotopic (exact) mass is 237 g/mol. The lowest BCUT2D eigenvalue weighted by Crippen LogP contribution is -2.00. The standard InChI is InChI=1S/C11H9F2N3O/c1-6-5-15-11(14)16-10(6)17-8-4-2-3-7(12)9(8)13/h2-5H,1H3,(H2,14,15,16). The minimum Gasteiger partial charge on any atom is -0.435 e. The van der Waals surface area contributed by atoms with Gasteiger partial charge >= 0.3 is 0 Å². The molecule has 88 valence electrons. The molecule has 1 heterocycles. The fraction of sp³-hybridized carbons (Fsp3) is 0.0909. The van der Waals surface area contributed by atoms with E-state index in [0.717, 1.165) is 6.07 Å². The van der Waals surface area contributed by atoms with E-state index in [1.54, 1.807) is 6.92 Å². The first kappa shape index (κ1) is 11.3. The van der Waals surface area contributed by atoms with E-state index in [1.807, 2.05) is 0 Å². The van der Waals surface area contributed by atoms with Crippen molar-refractivity contribution in [3.05, 3.63) is 41.6 Å². The van der Waals surface area contributed by atoms with Gasteiger partial charge in [-0.2, -0.15) is 9.37 Å². The molecule has 0 saturated carbocycles. The fourth-order valence-corrected chi connectivity index (χ4v) is 1.21. The third-order valence-electron chi connectivity index (χ3n) is 2.07. The number of nitrogens with zero attached hydrogens (tertiary/aromatic N) is 2. The summed E-state index contributed by atoms with van der Waals surface area (Å²) in [5.41, 5.74) is 5.95. The van der Waals surface area contributed by atoms with Crippen LogP contribution in [0.4, 0.5) is 14.7 Å². The highest BCUT2D eigenvalue weighted by molar-refractivity contribution is 5.34. The van der Waals surface area contributed by atoms with Gasteiger partial charge in [0.05, 0.1) is 0 Å². The summed E-state index contributed by atoms with van der Waals surface area (Å²) in [6.07, 6.45) is 1.44. The van der Waals surface area contributed by atoms with Gasteiger partial charge in [0.1, 0.15) is 0 Å². The second-order valence-electron chi connectivity index (χ2n) is 3.37. The van der Waals surface area contributed by atoms with Gasteiger partial charge in [0.25, 0.3) is 0 Å². The Morgan fingerprint density at radius 3 is 2.82 bits per heavy atom. The van der Waals surface area contributed by atoms with Gasteiger partial charge in [-0.15, -0.1) is 0 Å². The molecular formula is C11H9F2N3O. The van der Waals surface area contributed by atoms with Crippen LogP contribution in [0.15, 0.2) is 24.4 Å². The molecule has 0 amide bonds. The lowest BCUT2D eigenvalue weighted by molar-refractivity contribution is 0.403. The summed E-state index contributed by atoms with van der Waals surface area (Å²) in [4.78, 5) is 7.53. The lowest BCUT2D eigenvalue weighted by atomic mass is 10.3. The van der Waals surface area contributed by atoms with Crippen LogP contribution in [0, 0.1) is 18.6 Å². The average molecular weight is 237 g/mol. The van der Waals surface area contributed by atoms with E-state index >= 15 is 0 Å². The minimum absolute atomic E-state index is 0.00223. The van der Waals surface area contributed by atoms with E-state index in [-0.39, 0.29) is 17.6 Å². The molecular weight excluding hydrogens is 228 g/mol. The number of aryl methyl sites for hydroxylation is 1.